The fourth-order valence-corrected chi connectivity index (χ4v) is 6.07. The lowest BCUT2D eigenvalue weighted by Gasteiger charge is -2.11. The molecule has 1 aliphatic carbocycles. The number of aromatic amines is 1. The normalized spacial score (nSPS) is 20.8. The summed E-state index contributed by atoms with van der Waals surface area (Å²) >= 11 is 1.08. The Bertz CT molecular complexity index is 1210. The number of hydrogen-bond acceptors (Lipinski definition) is 9. The van der Waals surface area contributed by atoms with Crippen LogP contribution in [0.4, 0.5) is 5.82 Å². The van der Waals surface area contributed by atoms with Crippen molar-refractivity contribution in [1.29, 1.82) is 0 Å². The third-order valence-corrected chi connectivity index (χ3v) is 7.96. The first-order valence-electron chi connectivity index (χ1n) is 9.08. The summed E-state index contributed by atoms with van der Waals surface area (Å²) in [6, 6.07) is -0.0810. The molecule has 2 fully saturated rings. The van der Waals surface area contributed by atoms with Crippen molar-refractivity contribution in [1.82, 2.24) is 24.3 Å². The molecule has 1 saturated heterocycles. The molecule has 0 bridgehead atoms. The van der Waals surface area contributed by atoms with E-state index in [0.717, 1.165) is 24.6 Å². The Labute approximate surface area is 169 Å². The summed E-state index contributed by atoms with van der Waals surface area (Å²) < 4.78 is 26.3. The van der Waals surface area contributed by atoms with Crippen molar-refractivity contribution < 1.29 is 13.2 Å². The molecule has 0 spiro atoms. The number of hydrogen-bond donors (Lipinski definition) is 2. The maximum Gasteiger partial charge on any atom is 0.330 e. The molecule has 1 aliphatic heterocycles. The predicted octanol–water partition coefficient (Wildman–Crippen LogP) is -0.541. The number of nitrogens with zero attached hydrogens (tertiary/aromatic N) is 4. The Morgan fingerprint density at radius 3 is 2.62 bits per heavy atom. The van der Waals surface area contributed by atoms with Crippen molar-refractivity contribution in [2.24, 2.45) is 7.05 Å². The van der Waals surface area contributed by atoms with E-state index in [1.807, 2.05) is 0 Å². The van der Waals surface area contributed by atoms with Crippen LogP contribution >= 0.6 is 11.8 Å². The maximum atomic E-state index is 12.7. The van der Waals surface area contributed by atoms with Gasteiger partial charge in [0, 0.05) is 19.0 Å². The van der Waals surface area contributed by atoms with Crippen molar-refractivity contribution in [2.45, 2.75) is 36.4 Å². The quantitative estimate of drug-likeness (QED) is 0.443. The highest BCUT2D eigenvalue weighted by Gasteiger charge is 2.33. The SMILES string of the molecule is Cn1c(SCC(=O)c2c(N)n(C3CC3)c(=O)[nH]c2=O)nnc1[C@@H]1CCS(=O)(=O)C1. The highest BCUT2D eigenvalue weighted by molar-refractivity contribution is 7.99. The lowest BCUT2D eigenvalue weighted by atomic mass is 10.1. The first-order valence-corrected chi connectivity index (χ1v) is 11.9. The number of nitrogens with one attached hydrogen (secondary N) is 1. The number of ketones is 1. The van der Waals surface area contributed by atoms with Gasteiger partial charge in [0.25, 0.3) is 5.56 Å². The molecule has 2 aromatic heterocycles. The number of thioether (sulfide) groups is 1. The molecule has 0 unspecified atom stereocenters. The summed E-state index contributed by atoms with van der Waals surface area (Å²) in [5.74, 6) is -0.242. The monoisotopic (exact) mass is 440 g/mol. The van der Waals surface area contributed by atoms with Gasteiger partial charge < -0.3 is 10.3 Å². The van der Waals surface area contributed by atoms with Gasteiger partial charge in [-0.1, -0.05) is 11.8 Å². The van der Waals surface area contributed by atoms with Crippen molar-refractivity contribution >= 4 is 33.2 Å². The predicted molar refractivity (Wildman–Crippen MR) is 106 cm³/mol. The van der Waals surface area contributed by atoms with E-state index in [4.69, 9.17) is 5.73 Å². The zero-order chi connectivity index (χ0) is 20.9. The minimum Gasteiger partial charge on any atom is -0.384 e. The molecule has 156 valence electrons. The Morgan fingerprint density at radius 2 is 2.00 bits per heavy atom. The van der Waals surface area contributed by atoms with Crippen LogP contribution in [0.15, 0.2) is 14.7 Å². The van der Waals surface area contributed by atoms with Gasteiger partial charge in [-0.2, -0.15) is 0 Å². The largest absolute Gasteiger partial charge is 0.384 e. The molecule has 1 atom stereocenters. The third kappa shape index (κ3) is 3.75. The highest BCUT2D eigenvalue weighted by atomic mass is 32.2. The number of aromatic nitrogens is 5. The standard InChI is InChI=1S/C16H20N6O5S2/c1-21-13(8-4-5-29(26,27)7-8)19-20-16(21)28-6-10(23)11-12(17)22(9-2-3-9)15(25)18-14(11)24/h8-9H,2-7,17H2,1H3,(H,18,24,25)/t8-/m1/s1. The molecule has 0 aromatic carbocycles. The van der Waals surface area contributed by atoms with Crippen LogP contribution < -0.4 is 17.0 Å². The van der Waals surface area contributed by atoms with E-state index in [2.05, 4.69) is 15.2 Å². The van der Waals surface area contributed by atoms with E-state index < -0.39 is 26.9 Å². The minimum absolute atomic E-state index is 0.0389. The molecule has 2 aliphatic rings. The lowest BCUT2D eigenvalue weighted by Crippen LogP contribution is -2.36. The molecule has 1 saturated carbocycles. The Balaban J connectivity index is 1.52. The number of nitrogens with two attached hydrogens (primary N) is 1. The number of rotatable bonds is 6. The molecular weight excluding hydrogens is 420 g/mol. The van der Waals surface area contributed by atoms with Crippen molar-refractivity contribution in [3.63, 3.8) is 0 Å². The average Bonchev–Trinajstić information content (AvgIpc) is 3.29. The summed E-state index contributed by atoms with van der Waals surface area (Å²) in [5.41, 5.74) is 4.32. The van der Waals surface area contributed by atoms with Gasteiger partial charge in [-0.3, -0.25) is 19.1 Å². The molecule has 11 nitrogen and oxygen atoms in total. The summed E-state index contributed by atoms with van der Waals surface area (Å²) in [7, 11) is -1.34. The van der Waals surface area contributed by atoms with Crippen LogP contribution in [-0.2, 0) is 16.9 Å². The molecule has 3 heterocycles. The summed E-state index contributed by atoms with van der Waals surface area (Å²) in [4.78, 5) is 38.9. The maximum absolute atomic E-state index is 12.7. The molecule has 2 aromatic rings. The van der Waals surface area contributed by atoms with Gasteiger partial charge in [0.1, 0.15) is 17.2 Å². The number of H-pyrrole nitrogens is 1. The first kappa shape index (κ1) is 19.9. The van der Waals surface area contributed by atoms with Crippen LogP contribution in [0.1, 0.15) is 47.4 Å². The summed E-state index contributed by atoms with van der Waals surface area (Å²) in [5, 5.41) is 8.56. The van der Waals surface area contributed by atoms with Gasteiger partial charge in [-0.25, -0.2) is 13.2 Å². The second-order valence-electron chi connectivity index (χ2n) is 7.33. The zero-order valence-electron chi connectivity index (χ0n) is 15.6. The topological polar surface area (TPSA) is 163 Å². The number of Topliss-reactive ketones (excluding diaryl/α,β-unsaturated/α-hetero) is 1. The Hall–Kier alpha value is -2.41. The van der Waals surface area contributed by atoms with E-state index in [1.54, 1.807) is 11.6 Å². The number of anilines is 1. The van der Waals surface area contributed by atoms with Gasteiger partial charge in [0.05, 0.1) is 17.3 Å². The van der Waals surface area contributed by atoms with Crippen molar-refractivity contribution in [3.8, 4) is 0 Å². The van der Waals surface area contributed by atoms with Crippen LogP contribution in [0.2, 0.25) is 0 Å². The summed E-state index contributed by atoms with van der Waals surface area (Å²) in [6.45, 7) is 0. The van der Waals surface area contributed by atoms with Gasteiger partial charge in [0.15, 0.2) is 20.8 Å². The molecule has 0 radical (unpaired) electrons. The van der Waals surface area contributed by atoms with E-state index >= 15 is 0 Å². The van der Waals surface area contributed by atoms with Crippen LogP contribution in [0.25, 0.3) is 0 Å². The van der Waals surface area contributed by atoms with Crippen LogP contribution in [-0.4, -0.2) is 55.8 Å². The number of sulfone groups is 1. The van der Waals surface area contributed by atoms with Gasteiger partial charge in [-0.05, 0) is 19.3 Å². The van der Waals surface area contributed by atoms with Gasteiger partial charge >= 0.3 is 5.69 Å². The Kier molecular flexibility index (Phi) is 4.89. The lowest BCUT2D eigenvalue weighted by molar-refractivity contribution is 0.102. The molecule has 0 amide bonds. The molecule has 3 N–H and O–H groups in total. The molecule has 4 rings (SSSR count). The van der Waals surface area contributed by atoms with Crippen LogP contribution in [0, 0.1) is 0 Å². The van der Waals surface area contributed by atoms with Crippen molar-refractivity contribution in [2.75, 3.05) is 23.0 Å². The fraction of sp³-hybridized carbons (Fsp3) is 0.562. The third-order valence-electron chi connectivity index (χ3n) is 5.17. The number of carbonyl (C=O) groups is 1. The Morgan fingerprint density at radius 1 is 1.28 bits per heavy atom. The second-order valence-corrected chi connectivity index (χ2v) is 10.5. The van der Waals surface area contributed by atoms with E-state index in [0.29, 0.717) is 17.4 Å². The van der Waals surface area contributed by atoms with E-state index in [9.17, 15) is 22.8 Å². The average molecular weight is 441 g/mol. The van der Waals surface area contributed by atoms with E-state index in [-0.39, 0.29) is 40.6 Å². The zero-order valence-corrected chi connectivity index (χ0v) is 17.3. The number of nitrogen functional groups attached to an aromatic ring is 1. The summed E-state index contributed by atoms with van der Waals surface area (Å²) in [6.07, 6.45) is 2.04. The highest BCUT2D eigenvalue weighted by Crippen LogP contribution is 2.35. The number of carbonyl (C=O) groups excluding carboxylic acids is 1. The van der Waals surface area contributed by atoms with Gasteiger partial charge in [-0.15, -0.1) is 10.2 Å². The minimum atomic E-state index is -3.05. The molecule has 13 heteroatoms. The van der Waals surface area contributed by atoms with Crippen LogP contribution in [0.3, 0.4) is 0 Å². The molecule has 29 heavy (non-hydrogen) atoms. The van der Waals surface area contributed by atoms with Crippen molar-refractivity contribution in [3.05, 3.63) is 32.2 Å². The fourth-order valence-electron chi connectivity index (χ4n) is 3.54. The van der Waals surface area contributed by atoms with Crippen LogP contribution in [0.5, 0.6) is 0 Å². The smallest absolute Gasteiger partial charge is 0.330 e. The van der Waals surface area contributed by atoms with E-state index in [1.165, 1.54) is 4.57 Å². The van der Waals surface area contributed by atoms with Gasteiger partial charge in [0.2, 0.25) is 0 Å². The molecular formula is C16H20N6O5S2. The second kappa shape index (κ2) is 7.13. The first-order chi connectivity index (χ1) is 13.7.